The van der Waals surface area contributed by atoms with E-state index >= 15 is 0 Å². The third-order valence-electron chi connectivity index (χ3n) is 5.70. The molecule has 144 valence electrons. The Hall–Kier alpha value is -1.85. The summed E-state index contributed by atoms with van der Waals surface area (Å²) < 4.78 is 0. The summed E-state index contributed by atoms with van der Waals surface area (Å²) in [6, 6.07) is 2.46. The van der Waals surface area contributed by atoms with Crippen molar-refractivity contribution in [1.82, 2.24) is 15.3 Å². The molecule has 6 heteroatoms. The summed E-state index contributed by atoms with van der Waals surface area (Å²) in [5, 5.41) is 6.48. The predicted molar refractivity (Wildman–Crippen MR) is 105 cm³/mol. The minimum absolute atomic E-state index is 0.255. The van der Waals surface area contributed by atoms with Gasteiger partial charge in [-0.3, -0.25) is 4.79 Å². The third-order valence-corrected chi connectivity index (χ3v) is 5.70. The van der Waals surface area contributed by atoms with E-state index in [0.29, 0.717) is 18.4 Å². The first-order valence-electron chi connectivity index (χ1n) is 10.3. The van der Waals surface area contributed by atoms with E-state index in [1.807, 2.05) is 6.07 Å². The summed E-state index contributed by atoms with van der Waals surface area (Å²) in [6.07, 6.45) is 11.8. The number of hydrogen-bond donors (Lipinski definition) is 2. The number of nitrogens with one attached hydrogen (secondary N) is 2. The molecule has 0 spiro atoms. The molecule has 2 fully saturated rings. The molecular weight excluding hydrogens is 326 g/mol. The highest BCUT2D eigenvalue weighted by Gasteiger charge is 2.22. The van der Waals surface area contributed by atoms with Crippen molar-refractivity contribution in [3.05, 3.63) is 12.4 Å². The van der Waals surface area contributed by atoms with Crippen LogP contribution < -0.4 is 15.5 Å². The summed E-state index contributed by atoms with van der Waals surface area (Å²) in [4.78, 5) is 23.2. The number of rotatable bonds is 7. The highest BCUT2D eigenvalue weighted by molar-refractivity contribution is 5.76. The molecule has 2 heterocycles. The SMILES string of the molecule is CCNc1cc(N2CCC(CCC(=O)NC3CCCCC3)CC2)ncn1. The van der Waals surface area contributed by atoms with Crippen LogP contribution in [0.15, 0.2) is 12.4 Å². The standard InChI is InChI=1S/C20H33N5O/c1-2-21-18-14-19(23-15-22-18)25-12-10-16(11-13-25)8-9-20(26)24-17-6-4-3-5-7-17/h14-17H,2-13H2,1H3,(H,24,26)(H,21,22,23). The highest BCUT2D eigenvalue weighted by Crippen LogP contribution is 2.26. The zero-order valence-electron chi connectivity index (χ0n) is 16.0. The van der Waals surface area contributed by atoms with Crippen LogP contribution in [0, 0.1) is 5.92 Å². The molecule has 6 nitrogen and oxygen atoms in total. The largest absolute Gasteiger partial charge is 0.370 e. The molecule has 1 aliphatic heterocycles. The van der Waals surface area contributed by atoms with Crippen molar-refractivity contribution in [2.75, 3.05) is 29.9 Å². The Morgan fingerprint density at radius 2 is 1.92 bits per heavy atom. The maximum absolute atomic E-state index is 12.2. The van der Waals surface area contributed by atoms with Gasteiger partial charge in [-0.05, 0) is 44.9 Å². The Labute approximate surface area is 157 Å². The molecule has 0 aromatic carbocycles. The van der Waals surface area contributed by atoms with E-state index in [-0.39, 0.29) is 5.91 Å². The molecule has 0 bridgehead atoms. The molecule has 3 rings (SSSR count). The van der Waals surface area contributed by atoms with E-state index in [9.17, 15) is 4.79 Å². The first-order valence-corrected chi connectivity index (χ1v) is 10.3. The molecule has 1 saturated heterocycles. The van der Waals surface area contributed by atoms with Gasteiger partial charge in [0, 0.05) is 38.2 Å². The molecule has 26 heavy (non-hydrogen) atoms. The van der Waals surface area contributed by atoms with Gasteiger partial charge in [0.15, 0.2) is 0 Å². The zero-order chi connectivity index (χ0) is 18.2. The minimum atomic E-state index is 0.255. The van der Waals surface area contributed by atoms with Gasteiger partial charge < -0.3 is 15.5 Å². The summed E-state index contributed by atoms with van der Waals surface area (Å²) >= 11 is 0. The maximum atomic E-state index is 12.2. The Bertz CT molecular complexity index is 565. The number of piperidine rings is 1. The first-order chi connectivity index (χ1) is 12.7. The fraction of sp³-hybridized carbons (Fsp3) is 0.750. The number of amides is 1. The van der Waals surface area contributed by atoms with Crippen LogP contribution in [0.2, 0.25) is 0 Å². The number of hydrogen-bond acceptors (Lipinski definition) is 5. The number of carbonyl (C=O) groups excluding carboxylic acids is 1. The van der Waals surface area contributed by atoms with Crippen molar-refractivity contribution in [1.29, 1.82) is 0 Å². The van der Waals surface area contributed by atoms with Gasteiger partial charge in [-0.1, -0.05) is 19.3 Å². The predicted octanol–water partition coefficient (Wildman–Crippen LogP) is 3.35. The second-order valence-electron chi connectivity index (χ2n) is 7.66. The lowest BCUT2D eigenvalue weighted by Crippen LogP contribution is -2.37. The molecule has 1 aromatic rings. The van der Waals surface area contributed by atoms with Crippen molar-refractivity contribution in [3.63, 3.8) is 0 Å². The molecule has 2 aliphatic rings. The molecule has 1 saturated carbocycles. The normalized spacial score (nSPS) is 19.3. The topological polar surface area (TPSA) is 70.2 Å². The zero-order valence-corrected chi connectivity index (χ0v) is 16.0. The fourth-order valence-corrected chi connectivity index (χ4v) is 4.13. The third kappa shape index (κ3) is 5.58. The summed E-state index contributed by atoms with van der Waals surface area (Å²) in [5.74, 6) is 2.80. The van der Waals surface area contributed by atoms with Crippen LogP contribution in [0.3, 0.4) is 0 Å². The quantitative estimate of drug-likeness (QED) is 0.781. The lowest BCUT2D eigenvalue weighted by atomic mass is 9.91. The van der Waals surface area contributed by atoms with Crippen LogP contribution >= 0.6 is 0 Å². The molecule has 0 unspecified atom stereocenters. The minimum Gasteiger partial charge on any atom is -0.370 e. The van der Waals surface area contributed by atoms with Crippen LogP contribution in [0.1, 0.15) is 64.7 Å². The van der Waals surface area contributed by atoms with Crippen molar-refractivity contribution in [2.24, 2.45) is 5.92 Å². The Morgan fingerprint density at radius 3 is 2.65 bits per heavy atom. The average molecular weight is 360 g/mol. The number of nitrogens with zero attached hydrogens (tertiary/aromatic N) is 3. The van der Waals surface area contributed by atoms with Crippen LogP contribution in [0.4, 0.5) is 11.6 Å². The van der Waals surface area contributed by atoms with Gasteiger partial charge in [-0.25, -0.2) is 9.97 Å². The monoisotopic (exact) mass is 359 g/mol. The van der Waals surface area contributed by atoms with Crippen LogP contribution in [-0.2, 0) is 4.79 Å². The van der Waals surface area contributed by atoms with Crippen molar-refractivity contribution in [2.45, 2.75) is 70.8 Å². The maximum Gasteiger partial charge on any atom is 0.220 e. The van der Waals surface area contributed by atoms with E-state index in [2.05, 4.69) is 32.4 Å². The lowest BCUT2D eigenvalue weighted by molar-refractivity contribution is -0.122. The van der Waals surface area contributed by atoms with Gasteiger partial charge in [0.1, 0.15) is 18.0 Å². The van der Waals surface area contributed by atoms with Crippen molar-refractivity contribution in [3.8, 4) is 0 Å². The van der Waals surface area contributed by atoms with Crippen LogP contribution in [0.25, 0.3) is 0 Å². The Morgan fingerprint density at radius 1 is 1.15 bits per heavy atom. The number of anilines is 2. The number of aromatic nitrogens is 2. The molecule has 1 aliphatic carbocycles. The molecular formula is C20H33N5O. The van der Waals surface area contributed by atoms with E-state index in [4.69, 9.17) is 0 Å². The smallest absolute Gasteiger partial charge is 0.220 e. The first kappa shape index (κ1) is 18.9. The van der Waals surface area contributed by atoms with Gasteiger partial charge in [0.05, 0.1) is 0 Å². The Kier molecular flexibility index (Phi) is 7.09. The lowest BCUT2D eigenvalue weighted by Gasteiger charge is -2.33. The summed E-state index contributed by atoms with van der Waals surface area (Å²) in [7, 11) is 0. The fourth-order valence-electron chi connectivity index (χ4n) is 4.13. The molecule has 0 radical (unpaired) electrons. The van der Waals surface area contributed by atoms with Gasteiger partial charge >= 0.3 is 0 Å². The second-order valence-corrected chi connectivity index (χ2v) is 7.66. The summed E-state index contributed by atoms with van der Waals surface area (Å²) in [6.45, 7) is 4.95. The van der Waals surface area contributed by atoms with Gasteiger partial charge in [-0.15, -0.1) is 0 Å². The van der Waals surface area contributed by atoms with E-state index in [1.165, 1.54) is 19.3 Å². The van der Waals surface area contributed by atoms with Crippen molar-refractivity contribution >= 4 is 17.5 Å². The Balaban J connectivity index is 1.38. The average Bonchev–Trinajstić information content (AvgIpc) is 2.68. The molecule has 1 aromatic heterocycles. The van der Waals surface area contributed by atoms with Gasteiger partial charge in [-0.2, -0.15) is 0 Å². The summed E-state index contributed by atoms with van der Waals surface area (Å²) in [5.41, 5.74) is 0. The van der Waals surface area contributed by atoms with Gasteiger partial charge in [0.2, 0.25) is 5.91 Å². The van der Waals surface area contributed by atoms with E-state index in [1.54, 1.807) is 6.33 Å². The van der Waals surface area contributed by atoms with Gasteiger partial charge in [0.25, 0.3) is 0 Å². The second kappa shape index (κ2) is 9.74. The molecule has 2 N–H and O–H groups in total. The molecule has 0 atom stereocenters. The van der Waals surface area contributed by atoms with E-state index in [0.717, 1.165) is 63.4 Å². The van der Waals surface area contributed by atoms with E-state index < -0.39 is 0 Å². The van der Waals surface area contributed by atoms with Crippen molar-refractivity contribution < 1.29 is 4.79 Å². The van der Waals surface area contributed by atoms with Crippen LogP contribution in [-0.4, -0.2) is 41.6 Å². The van der Waals surface area contributed by atoms with Crippen LogP contribution in [0.5, 0.6) is 0 Å². The number of carbonyl (C=O) groups is 1. The molecule has 1 amide bonds. The highest BCUT2D eigenvalue weighted by atomic mass is 16.1.